The first-order chi connectivity index (χ1) is 8.59. The van der Waals surface area contributed by atoms with Crippen molar-refractivity contribution < 1.29 is 4.74 Å². The second kappa shape index (κ2) is 8.15. The predicted octanol–water partition coefficient (Wildman–Crippen LogP) is 3.97. The number of nitrogens with one attached hydrogen (secondary N) is 1. The number of hydrogen-bond acceptors (Lipinski definition) is 2. The fourth-order valence-electron chi connectivity index (χ4n) is 1.76. The first-order valence-corrected chi connectivity index (χ1v) is 7.05. The molecule has 18 heavy (non-hydrogen) atoms. The molecule has 1 aromatic rings. The first kappa shape index (κ1) is 15.0. The molecule has 0 amide bonds. The molecule has 0 aliphatic heterocycles. The molecule has 0 radical (unpaired) electrons. The Bertz CT molecular complexity index is 316. The lowest BCUT2D eigenvalue weighted by molar-refractivity contribution is 0.305. The van der Waals surface area contributed by atoms with Gasteiger partial charge in [-0.05, 0) is 43.0 Å². The maximum Gasteiger partial charge on any atom is 0.119 e. The van der Waals surface area contributed by atoms with Crippen molar-refractivity contribution in [1.29, 1.82) is 0 Å². The van der Waals surface area contributed by atoms with E-state index in [2.05, 4.69) is 57.3 Å². The van der Waals surface area contributed by atoms with Gasteiger partial charge >= 0.3 is 0 Å². The third-order valence-electron chi connectivity index (χ3n) is 2.94. The van der Waals surface area contributed by atoms with Gasteiger partial charge in [0.15, 0.2) is 0 Å². The first-order valence-electron chi connectivity index (χ1n) is 7.05. The minimum atomic E-state index is 0.578. The molecule has 1 rings (SSSR count). The van der Waals surface area contributed by atoms with Gasteiger partial charge in [-0.25, -0.2) is 0 Å². The Balaban J connectivity index is 2.15. The molecule has 0 bridgehead atoms. The monoisotopic (exact) mass is 249 g/mol. The Morgan fingerprint density at radius 1 is 1.00 bits per heavy atom. The van der Waals surface area contributed by atoms with E-state index in [-0.39, 0.29) is 0 Å². The Hall–Kier alpha value is -1.02. The van der Waals surface area contributed by atoms with E-state index < -0.39 is 0 Å². The van der Waals surface area contributed by atoms with Gasteiger partial charge in [-0.15, -0.1) is 0 Å². The highest BCUT2D eigenvalue weighted by molar-refractivity contribution is 5.28. The highest BCUT2D eigenvalue weighted by atomic mass is 16.5. The van der Waals surface area contributed by atoms with Crippen molar-refractivity contribution in [1.82, 2.24) is 5.32 Å². The third-order valence-corrected chi connectivity index (χ3v) is 2.94. The normalized spacial score (nSPS) is 11.2. The van der Waals surface area contributed by atoms with Gasteiger partial charge in [0.1, 0.15) is 5.75 Å². The number of rotatable bonds is 8. The Kier molecular flexibility index (Phi) is 6.81. The average Bonchev–Trinajstić information content (AvgIpc) is 2.34. The molecule has 0 aliphatic carbocycles. The molecule has 0 aliphatic rings. The summed E-state index contributed by atoms with van der Waals surface area (Å²) in [6.07, 6.45) is 2.27. The number of hydrogen-bond donors (Lipinski definition) is 1. The van der Waals surface area contributed by atoms with Crippen LogP contribution in [0.3, 0.4) is 0 Å². The molecule has 0 atom stereocenters. The summed E-state index contributed by atoms with van der Waals surface area (Å²) in [7, 11) is 0. The standard InChI is InChI=1S/C16H27NO/c1-13(2)15-7-9-16(10-8-15)18-12-6-5-11-17-14(3)4/h7-10,13-14,17H,5-6,11-12H2,1-4H3. The van der Waals surface area contributed by atoms with E-state index in [4.69, 9.17) is 4.74 Å². The van der Waals surface area contributed by atoms with E-state index in [1.54, 1.807) is 0 Å². The summed E-state index contributed by atoms with van der Waals surface area (Å²) < 4.78 is 5.72. The average molecular weight is 249 g/mol. The number of unbranched alkanes of at least 4 members (excludes halogenated alkanes) is 1. The highest BCUT2D eigenvalue weighted by Crippen LogP contribution is 2.18. The second-order valence-corrected chi connectivity index (χ2v) is 5.39. The van der Waals surface area contributed by atoms with Gasteiger partial charge < -0.3 is 10.1 Å². The summed E-state index contributed by atoms with van der Waals surface area (Å²) in [5.74, 6) is 1.57. The Morgan fingerprint density at radius 2 is 1.67 bits per heavy atom. The van der Waals surface area contributed by atoms with E-state index >= 15 is 0 Å². The summed E-state index contributed by atoms with van der Waals surface area (Å²) in [4.78, 5) is 0. The highest BCUT2D eigenvalue weighted by Gasteiger charge is 1.99. The predicted molar refractivity (Wildman–Crippen MR) is 78.4 cm³/mol. The van der Waals surface area contributed by atoms with Crippen LogP contribution in [-0.4, -0.2) is 19.2 Å². The van der Waals surface area contributed by atoms with E-state index in [9.17, 15) is 0 Å². The van der Waals surface area contributed by atoms with Crippen molar-refractivity contribution in [2.24, 2.45) is 0 Å². The third kappa shape index (κ3) is 6.06. The molecule has 2 heteroatoms. The molecule has 0 spiro atoms. The molecule has 0 heterocycles. The molecule has 102 valence electrons. The Labute approximate surface area is 112 Å². The zero-order valence-electron chi connectivity index (χ0n) is 12.2. The van der Waals surface area contributed by atoms with E-state index in [1.165, 1.54) is 12.0 Å². The van der Waals surface area contributed by atoms with Crippen LogP contribution in [0.2, 0.25) is 0 Å². The molecule has 0 fully saturated rings. The SMILES string of the molecule is CC(C)NCCCCOc1ccc(C(C)C)cc1. The molecular weight excluding hydrogens is 222 g/mol. The van der Waals surface area contributed by atoms with Crippen LogP contribution in [0.4, 0.5) is 0 Å². The lowest BCUT2D eigenvalue weighted by Crippen LogP contribution is -2.23. The van der Waals surface area contributed by atoms with Gasteiger partial charge in [0.2, 0.25) is 0 Å². The van der Waals surface area contributed by atoms with Crippen molar-refractivity contribution in [3.8, 4) is 5.75 Å². The topological polar surface area (TPSA) is 21.3 Å². The van der Waals surface area contributed by atoms with Gasteiger partial charge in [-0.3, -0.25) is 0 Å². The van der Waals surface area contributed by atoms with Crippen molar-refractivity contribution in [3.63, 3.8) is 0 Å². The molecule has 2 nitrogen and oxygen atoms in total. The van der Waals surface area contributed by atoms with Crippen molar-refractivity contribution in [3.05, 3.63) is 29.8 Å². The van der Waals surface area contributed by atoms with Crippen molar-refractivity contribution >= 4 is 0 Å². The zero-order valence-corrected chi connectivity index (χ0v) is 12.2. The van der Waals surface area contributed by atoms with Crippen LogP contribution in [0.25, 0.3) is 0 Å². The van der Waals surface area contributed by atoms with Crippen LogP contribution in [0.15, 0.2) is 24.3 Å². The van der Waals surface area contributed by atoms with Crippen LogP contribution >= 0.6 is 0 Å². The second-order valence-electron chi connectivity index (χ2n) is 5.39. The van der Waals surface area contributed by atoms with Gasteiger partial charge in [0.05, 0.1) is 6.61 Å². The largest absolute Gasteiger partial charge is 0.494 e. The smallest absolute Gasteiger partial charge is 0.119 e. The molecule has 0 saturated heterocycles. The molecule has 0 aromatic heterocycles. The minimum Gasteiger partial charge on any atom is -0.494 e. The molecular formula is C16H27NO. The van der Waals surface area contributed by atoms with Crippen LogP contribution in [0, 0.1) is 0 Å². The summed E-state index contributed by atoms with van der Waals surface area (Å²) in [6.45, 7) is 10.6. The molecule has 1 aromatic carbocycles. The summed E-state index contributed by atoms with van der Waals surface area (Å²) >= 11 is 0. The fraction of sp³-hybridized carbons (Fsp3) is 0.625. The molecule has 0 unspecified atom stereocenters. The van der Waals surface area contributed by atoms with E-state index in [0.717, 1.165) is 25.3 Å². The zero-order chi connectivity index (χ0) is 13.4. The number of benzene rings is 1. The van der Waals surface area contributed by atoms with Crippen molar-refractivity contribution in [2.45, 2.75) is 52.5 Å². The summed E-state index contributed by atoms with van der Waals surface area (Å²) in [5, 5.41) is 3.41. The maximum absolute atomic E-state index is 5.72. The molecule has 1 N–H and O–H groups in total. The maximum atomic E-state index is 5.72. The van der Waals surface area contributed by atoms with E-state index in [1.807, 2.05) is 0 Å². The lowest BCUT2D eigenvalue weighted by atomic mass is 10.0. The Morgan fingerprint density at radius 3 is 2.22 bits per heavy atom. The summed E-state index contributed by atoms with van der Waals surface area (Å²) in [5.41, 5.74) is 1.36. The lowest BCUT2D eigenvalue weighted by Gasteiger charge is -2.10. The van der Waals surface area contributed by atoms with Gasteiger partial charge in [-0.2, -0.15) is 0 Å². The van der Waals surface area contributed by atoms with Gasteiger partial charge in [-0.1, -0.05) is 39.8 Å². The van der Waals surface area contributed by atoms with Crippen molar-refractivity contribution in [2.75, 3.05) is 13.2 Å². The fourth-order valence-corrected chi connectivity index (χ4v) is 1.76. The molecule has 0 saturated carbocycles. The van der Waals surface area contributed by atoms with Crippen LogP contribution in [0.5, 0.6) is 5.75 Å². The van der Waals surface area contributed by atoms with Crippen LogP contribution < -0.4 is 10.1 Å². The van der Waals surface area contributed by atoms with E-state index in [0.29, 0.717) is 12.0 Å². The quantitative estimate of drug-likeness (QED) is 0.704. The summed E-state index contributed by atoms with van der Waals surface area (Å²) in [6, 6.07) is 9.03. The minimum absolute atomic E-state index is 0.578. The van der Waals surface area contributed by atoms with Gasteiger partial charge in [0, 0.05) is 6.04 Å². The number of ether oxygens (including phenoxy) is 1. The van der Waals surface area contributed by atoms with Crippen LogP contribution in [-0.2, 0) is 0 Å². The van der Waals surface area contributed by atoms with Crippen LogP contribution in [0.1, 0.15) is 52.0 Å². The van der Waals surface area contributed by atoms with Gasteiger partial charge in [0.25, 0.3) is 0 Å².